The van der Waals surface area contributed by atoms with Gasteiger partial charge in [-0.25, -0.2) is 8.78 Å². The van der Waals surface area contributed by atoms with Gasteiger partial charge in [0.25, 0.3) is 5.92 Å². The predicted molar refractivity (Wildman–Crippen MR) is 99.9 cm³/mol. The Morgan fingerprint density at radius 1 is 1.27 bits per heavy atom. The minimum absolute atomic E-state index is 0.0165. The van der Waals surface area contributed by atoms with E-state index >= 15 is 0 Å². The van der Waals surface area contributed by atoms with E-state index in [1.54, 1.807) is 23.9 Å². The molecular weight excluding hydrogens is 356 g/mol. The maximum atomic E-state index is 13.5. The van der Waals surface area contributed by atoms with Gasteiger partial charge in [-0.15, -0.1) is 11.8 Å². The zero-order valence-electron chi connectivity index (χ0n) is 15.1. The third kappa shape index (κ3) is 3.16. The van der Waals surface area contributed by atoms with Gasteiger partial charge in [0.2, 0.25) is 11.9 Å². The Bertz CT molecular complexity index is 824. The molecule has 138 valence electrons. The van der Waals surface area contributed by atoms with E-state index in [2.05, 4.69) is 12.2 Å². The van der Waals surface area contributed by atoms with Gasteiger partial charge in [-0.3, -0.25) is 15.1 Å². The first kappa shape index (κ1) is 18.6. The highest BCUT2D eigenvalue weighted by molar-refractivity contribution is 8.06. The average Bonchev–Trinajstić information content (AvgIpc) is 2.91. The second-order valence-electron chi connectivity index (χ2n) is 6.79. The lowest BCUT2D eigenvalue weighted by molar-refractivity contribution is -0.128. The maximum Gasteiger partial charge on any atom is 0.270 e. The van der Waals surface area contributed by atoms with Crippen molar-refractivity contribution in [3.05, 3.63) is 57.0 Å². The summed E-state index contributed by atoms with van der Waals surface area (Å²) in [5, 5.41) is 13.1. The van der Waals surface area contributed by atoms with E-state index in [4.69, 9.17) is 5.41 Å². The van der Waals surface area contributed by atoms with E-state index in [9.17, 15) is 13.6 Å². The zero-order valence-corrected chi connectivity index (χ0v) is 15.9. The molecule has 1 amide bonds. The number of likely N-dealkylation sites (N-methyl/N-ethyl adjacent to an activating group) is 1. The zero-order chi connectivity index (χ0) is 19.2. The first-order valence-corrected chi connectivity index (χ1v) is 9.18. The van der Waals surface area contributed by atoms with Crippen molar-refractivity contribution in [3.8, 4) is 0 Å². The Morgan fingerprint density at radius 3 is 2.38 bits per heavy atom. The summed E-state index contributed by atoms with van der Waals surface area (Å²) >= 11 is 1.54. The van der Waals surface area contributed by atoms with Gasteiger partial charge in [-0.1, -0.05) is 36.8 Å². The molecule has 0 radical (unpaired) electrons. The average molecular weight is 377 g/mol. The third-order valence-corrected chi connectivity index (χ3v) is 6.24. The molecule has 1 aromatic carbocycles. The smallest absolute Gasteiger partial charge is 0.270 e. The second kappa shape index (κ2) is 6.54. The van der Waals surface area contributed by atoms with Crippen molar-refractivity contribution in [1.82, 2.24) is 10.2 Å². The maximum absolute atomic E-state index is 13.5. The molecule has 7 heteroatoms. The summed E-state index contributed by atoms with van der Waals surface area (Å²) in [4.78, 5) is 15.2. The van der Waals surface area contributed by atoms with Crippen LogP contribution in [0.1, 0.15) is 37.8 Å². The molecule has 3 rings (SSSR count). The number of allylic oxidation sites excluding steroid dienone is 2. The van der Waals surface area contributed by atoms with Gasteiger partial charge in [0, 0.05) is 36.1 Å². The third-order valence-electron chi connectivity index (χ3n) is 4.92. The molecule has 0 saturated carbocycles. The van der Waals surface area contributed by atoms with Crippen LogP contribution < -0.4 is 5.32 Å². The van der Waals surface area contributed by atoms with Gasteiger partial charge < -0.3 is 5.32 Å². The standard InChI is InChI=1S/C19H21F2N3OS/c1-10-9-26-16(11(10)2)15-14(17(25)24(4)18(22)23-15)12-5-7-13(8-6-12)19(3,20)21/h5-9,11,14H,1-4H3,(H2,22,23)/b16-15+/t11?,14-/m1/s1. The summed E-state index contributed by atoms with van der Waals surface area (Å²) in [7, 11) is 1.54. The monoisotopic (exact) mass is 377 g/mol. The summed E-state index contributed by atoms with van der Waals surface area (Å²) in [5.74, 6) is -3.65. The molecule has 2 aliphatic rings. The van der Waals surface area contributed by atoms with E-state index in [1.807, 2.05) is 12.3 Å². The van der Waals surface area contributed by atoms with Crippen molar-refractivity contribution >= 4 is 23.6 Å². The number of benzene rings is 1. The second-order valence-corrected chi connectivity index (χ2v) is 7.70. The molecule has 1 saturated heterocycles. The minimum Gasteiger partial charge on any atom is -0.328 e. The summed E-state index contributed by atoms with van der Waals surface area (Å²) in [5.41, 5.74) is 2.40. The highest BCUT2D eigenvalue weighted by Gasteiger charge is 2.39. The minimum atomic E-state index is -2.93. The number of nitrogens with one attached hydrogen (secondary N) is 2. The summed E-state index contributed by atoms with van der Waals surface area (Å²) in [6.07, 6.45) is 0. The number of carbonyl (C=O) groups excluding carboxylic acids is 1. The Balaban J connectivity index is 2.07. The van der Waals surface area contributed by atoms with E-state index in [0.29, 0.717) is 11.3 Å². The fourth-order valence-corrected chi connectivity index (χ4v) is 4.26. The quantitative estimate of drug-likeness (QED) is 0.804. The molecule has 2 atom stereocenters. The number of guanidine groups is 1. The van der Waals surface area contributed by atoms with Crippen LogP contribution in [0, 0.1) is 11.3 Å². The van der Waals surface area contributed by atoms with Crippen molar-refractivity contribution in [1.29, 1.82) is 5.41 Å². The molecule has 1 aromatic rings. The van der Waals surface area contributed by atoms with Crippen LogP contribution in [0.5, 0.6) is 0 Å². The lowest BCUT2D eigenvalue weighted by Crippen LogP contribution is -2.51. The molecule has 2 aliphatic heterocycles. The Morgan fingerprint density at radius 2 is 1.88 bits per heavy atom. The van der Waals surface area contributed by atoms with Crippen LogP contribution in [0.4, 0.5) is 8.78 Å². The molecule has 0 bridgehead atoms. The Labute approximate surface area is 155 Å². The van der Waals surface area contributed by atoms with Crippen LogP contribution in [0.2, 0.25) is 0 Å². The lowest BCUT2D eigenvalue weighted by Gasteiger charge is -2.35. The molecule has 1 fully saturated rings. The van der Waals surface area contributed by atoms with Gasteiger partial charge in [-0.05, 0) is 17.9 Å². The SMILES string of the molecule is CC1=CS/C(=C2/NC(=N)N(C)C(=O)[C@@H]2c2ccc(C(C)(F)F)cc2)C1C. The van der Waals surface area contributed by atoms with Gasteiger partial charge in [0.1, 0.15) is 5.92 Å². The largest absolute Gasteiger partial charge is 0.328 e. The first-order valence-electron chi connectivity index (χ1n) is 8.30. The van der Waals surface area contributed by atoms with E-state index < -0.39 is 11.8 Å². The number of rotatable bonds is 2. The van der Waals surface area contributed by atoms with Crippen molar-refractivity contribution in [2.45, 2.75) is 32.6 Å². The topological polar surface area (TPSA) is 56.2 Å². The highest BCUT2D eigenvalue weighted by atomic mass is 32.2. The van der Waals surface area contributed by atoms with Gasteiger partial charge in [0.15, 0.2) is 0 Å². The predicted octanol–water partition coefficient (Wildman–Crippen LogP) is 4.38. The number of hydrogen-bond donors (Lipinski definition) is 2. The first-order chi connectivity index (χ1) is 12.1. The normalized spacial score (nSPS) is 26.8. The number of amides is 1. The van der Waals surface area contributed by atoms with Crippen LogP contribution >= 0.6 is 11.8 Å². The van der Waals surface area contributed by atoms with Crippen molar-refractivity contribution in [2.24, 2.45) is 5.92 Å². The molecule has 4 nitrogen and oxygen atoms in total. The summed E-state index contributed by atoms with van der Waals surface area (Å²) in [6.45, 7) is 4.93. The number of thioether (sulfide) groups is 1. The van der Waals surface area contributed by atoms with Crippen LogP contribution in [0.3, 0.4) is 0 Å². The number of halogens is 2. The van der Waals surface area contributed by atoms with Crippen LogP contribution in [0.15, 0.2) is 45.8 Å². The number of nitrogens with zero attached hydrogens (tertiary/aromatic N) is 1. The van der Waals surface area contributed by atoms with Crippen molar-refractivity contribution < 1.29 is 13.6 Å². The van der Waals surface area contributed by atoms with Crippen molar-refractivity contribution in [2.75, 3.05) is 7.05 Å². The summed E-state index contributed by atoms with van der Waals surface area (Å²) in [6, 6.07) is 5.87. The van der Waals surface area contributed by atoms with Gasteiger partial charge >= 0.3 is 0 Å². The van der Waals surface area contributed by atoms with Crippen molar-refractivity contribution in [3.63, 3.8) is 0 Å². The molecule has 1 unspecified atom stereocenters. The van der Waals surface area contributed by atoms with Crippen LogP contribution in [-0.2, 0) is 10.7 Å². The lowest BCUT2D eigenvalue weighted by atomic mass is 9.88. The highest BCUT2D eigenvalue weighted by Crippen LogP contribution is 2.44. The molecule has 0 aromatic heterocycles. The van der Waals surface area contributed by atoms with Crippen LogP contribution in [0.25, 0.3) is 0 Å². The van der Waals surface area contributed by atoms with Gasteiger partial charge in [0.05, 0.1) is 0 Å². The number of carbonyl (C=O) groups is 1. The molecule has 0 aliphatic carbocycles. The molecule has 2 N–H and O–H groups in total. The number of hydrogen-bond acceptors (Lipinski definition) is 3. The molecule has 26 heavy (non-hydrogen) atoms. The summed E-state index contributed by atoms with van der Waals surface area (Å²) < 4.78 is 27.0. The van der Waals surface area contributed by atoms with E-state index in [-0.39, 0.29) is 23.3 Å². The Hall–Kier alpha value is -2.15. The van der Waals surface area contributed by atoms with E-state index in [1.165, 1.54) is 29.7 Å². The molecular formula is C19H21F2N3OS. The van der Waals surface area contributed by atoms with E-state index in [0.717, 1.165) is 11.8 Å². The van der Waals surface area contributed by atoms with Crippen LogP contribution in [-0.4, -0.2) is 23.8 Å². The van der Waals surface area contributed by atoms with Gasteiger partial charge in [-0.2, -0.15) is 0 Å². The fraction of sp³-hybridized carbons (Fsp3) is 0.368. The molecule has 2 heterocycles. The molecule has 0 spiro atoms. The fourth-order valence-electron chi connectivity index (χ4n) is 3.06. The Kier molecular flexibility index (Phi) is 4.69. The number of alkyl halides is 2.